The maximum atomic E-state index is 12.3. The van der Waals surface area contributed by atoms with Crippen molar-refractivity contribution in [3.8, 4) is 6.07 Å². The molecule has 0 radical (unpaired) electrons. The Kier molecular flexibility index (Phi) is 4.39. The predicted octanol–water partition coefficient (Wildman–Crippen LogP) is 4.21. The third-order valence-corrected chi connectivity index (χ3v) is 4.15. The van der Waals surface area contributed by atoms with E-state index in [9.17, 15) is 10.1 Å². The van der Waals surface area contributed by atoms with Crippen molar-refractivity contribution in [2.24, 2.45) is 17.3 Å². The molecule has 1 fully saturated rings. The number of hydrogen-bond donors (Lipinski definition) is 0. The van der Waals surface area contributed by atoms with E-state index in [1.165, 1.54) is 0 Å². The molecule has 110 valence electrons. The zero-order valence-electron chi connectivity index (χ0n) is 12.3. The Hall–Kier alpha value is -1.79. The SMILES string of the molecule is C/C(Cl)=C/[C@@H]1[C@H](C(=O)OC(C#N)c2ccccc2)C1(C)C. The topological polar surface area (TPSA) is 50.1 Å². The van der Waals surface area contributed by atoms with Gasteiger partial charge in [0.2, 0.25) is 6.10 Å². The van der Waals surface area contributed by atoms with Crippen LogP contribution in [0.1, 0.15) is 32.4 Å². The zero-order chi connectivity index (χ0) is 15.6. The third-order valence-electron chi connectivity index (χ3n) is 4.03. The smallest absolute Gasteiger partial charge is 0.311 e. The third kappa shape index (κ3) is 3.28. The van der Waals surface area contributed by atoms with E-state index < -0.39 is 6.10 Å². The van der Waals surface area contributed by atoms with Gasteiger partial charge in [-0.25, -0.2) is 0 Å². The van der Waals surface area contributed by atoms with Gasteiger partial charge in [-0.15, -0.1) is 0 Å². The molecule has 0 aliphatic heterocycles. The van der Waals surface area contributed by atoms with Gasteiger partial charge in [0.25, 0.3) is 0 Å². The molecule has 1 aliphatic rings. The van der Waals surface area contributed by atoms with Gasteiger partial charge in [0.05, 0.1) is 5.92 Å². The lowest BCUT2D eigenvalue weighted by molar-refractivity contribution is -0.149. The summed E-state index contributed by atoms with van der Waals surface area (Å²) in [5.41, 5.74) is 0.511. The lowest BCUT2D eigenvalue weighted by Gasteiger charge is -2.11. The lowest BCUT2D eigenvalue weighted by atomic mass is 10.1. The molecular formula is C17H18ClNO2. The van der Waals surface area contributed by atoms with E-state index >= 15 is 0 Å². The van der Waals surface area contributed by atoms with E-state index in [4.69, 9.17) is 16.3 Å². The van der Waals surface area contributed by atoms with Crippen molar-refractivity contribution >= 4 is 17.6 Å². The highest BCUT2D eigenvalue weighted by atomic mass is 35.5. The summed E-state index contributed by atoms with van der Waals surface area (Å²) >= 11 is 5.90. The molecule has 3 atom stereocenters. The van der Waals surface area contributed by atoms with E-state index in [1.54, 1.807) is 19.1 Å². The summed E-state index contributed by atoms with van der Waals surface area (Å²) in [5.74, 6) is -0.516. The quantitative estimate of drug-likeness (QED) is 0.783. The van der Waals surface area contributed by atoms with Crippen LogP contribution in [0.15, 0.2) is 41.4 Å². The van der Waals surface area contributed by atoms with Crippen molar-refractivity contribution in [2.75, 3.05) is 0 Å². The van der Waals surface area contributed by atoms with E-state index in [1.807, 2.05) is 44.2 Å². The van der Waals surface area contributed by atoms with E-state index in [-0.39, 0.29) is 23.2 Å². The fourth-order valence-electron chi connectivity index (χ4n) is 2.67. The van der Waals surface area contributed by atoms with Gasteiger partial charge in [-0.2, -0.15) is 5.26 Å². The van der Waals surface area contributed by atoms with Crippen molar-refractivity contribution < 1.29 is 9.53 Å². The molecule has 1 saturated carbocycles. The fraction of sp³-hybridized carbons (Fsp3) is 0.412. The second-order valence-corrected chi connectivity index (χ2v) is 6.53. The van der Waals surface area contributed by atoms with E-state index in [2.05, 4.69) is 0 Å². The van der Waals surface area contributed by atoms with Crippen LogP contribution in [-0.4, -0.2) is 5.97 Å². The number of benzene rings is 1. The molecule has 1 aromatic carbocycles. The number of rotatable bonds is 4. The van der Waals surface area contributed by atoms with E-state index in [0.717, 1.165) is 0 Å². The van der Waals surface area contributed by atoms with Gasteiger partial charge in [0.1, 0.15) is 6.07 Å². The first-order valence-corrected chi connectivity index (χ1v) is 7.24. The van der Waals surface area contributed by atoms with Gasteiger partial charge in [-0.3, -0.25) is 4.79 Å². The van der Waals surface area contributed by atoms with Gasteiger partial charge in [0.15, 0.2) is 0 Å². The molecule has 0 N–H and O–H groups in total. The number of hydrogen-bond acceptors (Lipinski definition) is 3. The standard InChI is InChI=1S/C17H18ClNO2/c1-11(18)9-13-15(17(13,2)3)16(20)21-14(10-19)12-7-5-4-6-8-12/h4-9,13-15H,1-3H3/b11-9-/t13-,14?,15-/m1/s1. The van der Waals surface area contributed by atoms with Crippen LogP contribution in [0.4, 0.5) is 0 Å². The average Bonchev–Trinajstić information content (AvgIpc) is 2.97. The van der Waals surface area contributed by atoms with Gasteiger partial charge >= 0.3 is 5.97 Å². The van der Waals surface area contributed by atoms with Crippen LogP contribution in [0.2, 0.25) is 0 Å². The molecule has 2 rings (SSSR count). The van der Waals surface area contributed by atoms with Gasteiger partial charge in [0, 0.05) is 10.6 Å². The van der Waals surface area contributed by atoms with Gasteiger partial charge in [-0.1, -0.05) is 61.9 Å². The number of nitrogens with zero attached hydrogens (tertiary/aromatic N) is 1. The van der Waals surface area contributed by atoms with Crippen LogP contribution < -0.4 is 0 Å². The predicted molar refractivity (Wildman–Crippen MR) is 81.3 cm³/mol. The summed E-state index contributed by atoms with van der Waals surface area (Å²) < 4.78 is 5.38. The van der Waals surface area contributed by atoms with Crippen LogP contribution in [0.3, 0.4) is 0 Å². The molecule has 4 heteroatoms. The Morgan fingerprint density at radius 2 is 2.05 bits per heavy atom. The molecule has 0 spiro atoms. The fourth-order valence-corrected chi connectivity index (χ4v) is 2.81. The number of nitriles is 1. The largest absolute Gasteiger partial charge is 0.442 e. The summed E-state index contributed by atoms with van der Waals surface area (Å²) in [7, 11) is 0. The van der Waals surface area contributed by atoms with Crippen LogP contribution >= 0.6 is 11.6 Å². The summed E-state index contributed by atoms with van der Waals surface area (Å²) in [6.07, 6.45) is 1.02. The number of allylic oxidation sites excluding steroid dienone is 2. The second kappa shape index (κ2) is 5.91. The summed E-state index contributed by atoms with van der Waals surface area (Å²) in [6, 6.07) is 11.1. The molecule has 3 nitrogen and oxygen atoms in total. The normalized spacial score (nSPS) is 24.8. The molecule has 0 aromatic heterocycles. The summed E-state index contributed by atoms with van der Waals surface area (Å²) in [6.45, 7) is 5.80. The number of carbonyl (C=O) groups is 1. The number of ether oxygens (including phenoxy) is 1. The van der Waals surface area contributed by atoms with Crippen molar-refractivity contribution in [1.82, 2.24) is 0 Å². The highest BCUT2D eigenvalue weighted by Crippen LogP contribution is 2.60. The van der Waals surface area contributed by atoms with E-state index in [0.29, 0.717) is 10.6 Å². The Bertz CT molecular complexity index is 597. The molecule has 1 aromatic rings. The second-order valence-electron chi connectivity index (χ2n) is 5.93. The maximum Gasteiger partial charge on any atom is 0.311 e. The zero-order valence-corrected chi connectivity index (χ0v) is 13.1. The van der Waals surface area contributed by atoms with Crippen molar-refractivity contribution in [3.05, 3.63) is 47.0 Å². The lowest BCUT2D eigenvalue weighted by Crippen LogP contribution is -2.14. The first-order chi connectivity index (χ1) is 9.87. The van der Waals surface area contributed by atoms with Crippen molar-refractivity contribution in [2.45, 2.75) is 26.9 Å². The Labute approximate surface area is 130 Å². The Balaban J connectivity index is 2.09. The average molecular weight is 304 g/mol. The number of halogens is 1. The highest BCUT2D eigenvalue weighted by Gasteiger charge is 2.61. The minimum Gasteiger partial charge on any atom is -0.442 e. The summed E-state index contributed by atoms with van der Waals surface area (Å²) in [4.78, 5) is 12.3. The summed E-state index contributed by atoms with van der Waals surface area (Å²) in [5, 5.41) is 9.88. The van der Waals surface area contributed by atoms with Crippen LogP contribution in [0.25, 0.3) is 0 Å². The Morgan fingerprint density at radius 3 is 2.57 bits per heavy atom. The van der Waals surface area contributed by atoms with Gasteiger partial charge < -0.3 is 4.74 Å². The minimum atomic E-state index is -0.864. The van der Waals surface area contributed by atoms with Crippen molar-refractivity contribution in [1.29, 1.82) is 5.26 Å². The van der Waals surface area contributed by atoms with Crippen LogP contribution in [-0.2, 0) is 9.53 Å². The molecule has 0 amide bonds. The molecule has 0 heterocycles. The first kappa shape index (κ1) is 15.6. The molecule has 0 bridgehead atoms. The van der Waals surface area contributed by atoms with Crippen molar-refractivity contribution in [3.63, 3.8) is 0 Å². The molecule has 0 saturated heterocycles. The number of carbonyl (C=O) groups excluding carboxylic acids is 1. The highest BCUT2D eigenvalue weighted by molar-refractivity contribution is 6.29. The van der Waals surface area contributed by atoms with Gasteiger partial charge in [-0.05, 0) is 18.3 Å². The number of esters is 1. The first-order valence-electron chi connectivity index (χ1n) is 6.87. The molecule has 21 heavy (non-hydrogen) atoms. The monoisotopic (exact) mass is 303 g/mol. The molecule has 1 unspecified atom stereocenters. The maximum absolute atomic E-state index is 12.3. The minimum absolute atomic E-state index is 0.0672. The van der Waals surface area contributed by atoms with Crippen LogP contribution in [0.5, 0.6) is 0 Å². The molecular weight excluding hydrogens is 286 g/mol. The molecule has 1 aliphatic carbocycles. The Morgan fingerprint density at radius 1 is 1.43 bits per heavy atom. The van der Waals surface area contributed by atoms with Crippen LogP contribution in [0, 0.1) is 28.6 Å².